The van der Waals surface area contributed by atoms with Crippen LogP contribution in [0.2, 0.25) is 0 Å². The van der Waals surface area contributed by atoms with E-state index in [0.717, 1.165) is 16.7 Å². The highest BCUT2D eigenvalue weighted by Gasteiger charge is 2.40. The average Bonchev–Trinajstić information content (AvgIpc) is 3.68. The second kappa shape index (κ2) is 13.0. The smallest absolute Gasteiger partial charge is 0.471 e. The Bertz CT molecular complexity index is 1720. The van der Waals surface area contributed by atoms with Crippen LogP contribution in [0.3, 0.4) is 0 Å². The van der Waals surface area contributed by atoms with Gasteiger partial charge in [-0.3, -0.25) is 4.79 Å². The van der Waals surface area contributed by atoms with E-state index in [4.69, 9.17) is 14.0 Å². The molecule has 5 rings (SSSR count). The minimum Gasteiger partial charge on any atom is -0.488 e. The topological polar surface area (TPSA) is 113 Å². The first-order valence-corrected chi connectivity index (χ1v) is 13.9. The van der Waals surface area contributed by atoms with Crippen LogP contribution in [0.5, 0.6) is 11.5 Å². The molecular weight excluding hydrogens is 577 g/mol. The Balaban J connectivity index is 1.66. The van der Waals surface area contributed by atoms with Crippen molar-refractivity contribution in [2.24, 2.45) is 0 Å². The second-order valence-electron chi connectivity index (χ2n) is 10.1. The summed E-state index contributed by atoms with van der Waals surface area (Å²) in [6.07, 6.45) is -4.90. The van der Waals surface area contributed by atoms with Crippen LogP contribution in [0.4, 0.5) is 13.2 Å². The Kier molecular flexibility index (Phi) is 8.98. The number of carbonyl (C=O) groups is 1. The molecule has 0 aliphatic rings. The number of benzene rings is 3. The molecule has 2 heterocycles. The highest BCUT2D eigenvalue weighted by Crippen LogP contribution is 2.44. The number of nitrogens with one attached hydrogen (secondary N) is 1. The lowest BCUT2D eigenvalue weighted by molar-refractivity contribution is -0.159. The summed E-state index contributed by atoms with van der Waals surface area (Å²) >= 11 is 0. The first kappa shape index (κ1) is 30.3. The van der Waals surface area contributed by atoms with Crippen LogP contribution in [-0.4, -0.2) is 27.7 Å². The van der Waals surface area contributed by atoms with E-state index in [1.165, 1.54) is 0 Å². The molecular formula is C32H29F3N4O5. The van der Waals surface area contributed by atoms with Crippen LogP contribution >= 0.6 is 0 Å². The van der Waals surface area contributed by atoms with Crippen LogP contribution in [0.15, 0.2) is 81.8 Å². The summed E-state index contributed by atoms with van der Waals surface area (Å²) in [6, 6.07) is 22.5. The summed E-state index contributed by atoms with van der Waals surface area (Å²) in [7, 11) is 0. The van der Waals surface area contributed by atoms with Crippen molar-refractivity contribution in [2.45, 2.75) is 46.1 Å². The van der Waals surface area contributed by atoms with Crippen molar-refractivity contribution in [2.75, 3.05) is 6.54 Å². The summed E-state index contributed by atoms with van der Waals surface area (Å²) in [5, 5.41) is 10.0. The van der Waals surface area contributed by atoms with Gasteiger partial charge in [-0.2, -0.15) is 18.2 Å². The van der Waals surface area contributed by atoms with Gasteiger partial charge in [-0.25, -0.2) is 0 Å². The monoisotopic (exact) mass is 606 g/mol. The third-order valence-corrected chi connectivity index (χ3v) is 6.59. The summed E-state index contributed by atoms with van der Waals surface area (Å²) in [4.78, 5) is 16.5. The molecule has 0 saturated heterocycles. The number of aromatic nitrogens is 3. The summed E-state index contributed by atoms with van der Waals surface area (Å²) < 4.78 is 62.9. The molecule has 12 heteroatoms. The van der Waals surface area contributed by atoms with E-state index in [0.29, 0.717) is 11.3 Å². The molecule has 0 atom stereocenters. The lowest BCUT2D eigenvalue weighted by Crippen LogP contribution is -2.23. The number of rotatable bonds is 11. The van der Waals surface area contributed by atoms with Crippen molar-refractivity contribution in [3.05, 3.63) is 101 Å². The van der Waals surface area contributed by atoms with Gasteiger partial charge in [0.15, 0.2) is 11.5 Å². The summed E-state index contributed by atoms with van der Waals surface area (Å²) in [5.41, 5.74) is 2.42. The maximum absolute atomic E-state index is 13.4. The molecule has 9 nitrogen and oxygen atoms in total. The van der Waals surface area contributed by atoms with Gasteiger partial charge in [0.1, 0.15) is 30.3 Å². The zero-order chi connectivity index (χ0) is 31.3. The molecule has 2 aromatic heterocycles. The zero-order valence-corrected chi connectivity index (χ0v) is 24.1. The third kappa shape index (κ3) is 6.74. The van der Waals surface area contributed by atoms with Crippen LogP contribution in [0.25, 0.3) is 22.7 Å². The van der Waals surface area contributed by atoms with Crippen molar-refractivity contribution in [3.63, 3.8) is 0 Å². The van der Waals surface area contributed by atoms with Crippen LogP contribution in [-0.2, 0) is 19.4 Å². The lowest BCUT2D eigenvalue weighted by Gasteiger charge is -2.19. The van der Waals surface area contributed by atoms with Crippen molar-refractivity contribution in [1.29, 1.82) is 0 Å². The number of amides is 1. The van der Waals surface area contributed by atoms with Gasteiger partial charge in [0, 0.05) is 12.6 Å². The number of halogens is 3. The van der Waals surface area contributed by atoms with Gasteiger partial charge in [-0.1, -0.05) is 84.8 Å². The minimum absolute atomic E-state index is 0.0565. The average molecular weight is 607 g/mol. The number of nitrogens with zero attached hydrogens (tertiary/aromatic N) is 3. The van der Waals surface area contributed by atoms with Crippen molar-refractivity contribution >= 4 is 5.91 Å². The Labute approximate surface area is 251 Å². The molecule has 0 bridgehead atoms. The van der Waals surface area contributed by atoms with Crippen molar-refractivity contribution in [3.8, 4) is 34.2 Å². The highest BCUT2D eigenvalue weighted by atomic mass is 19.4. The fraction of sp³-hybridized carbons (Fsp3) is 0.250. The lowest BCUT2D eigenvalue weighted by atomic mass is 9.96. The molecule has 3 aromatic carbocycles. The molecule has 1 N–H and O–H groups in total. The van der Waals surface area contributed by atoms with E-state index < -0.39 is 23.8 Å². The van der Waals surface area contributed by atoms with E-state index >= 15 is 0 Å². The first-order valence-electron chi connectivity index (χ1n) is 13.9. The molecule has 228 valence electrons. The van der Waals surface area contributed by atoms with Crippen molar-refractivity contribution in [1.82, 2.24) is 20.6 Å². The van der Waals surface area contributed by atoms with E-state index in [1.807, 2.05) is 74.5 Å². The van der Waals surface area contributed by atoms with Crippen LogP contribution in [0.1, 0.15) is 59.8 Å². The van der Waals surface area contributed by atoms with Gasteiger partial charge >= 0.3 is 12.1 Å². The number of carbonyl (C=O) groups excluding carboxylic acids is 1. The molecule has 0 aliphatic heterocycles. The van der Waals surface area contributed by atoms with E-state index in [9.17, 15) is 18.0 Å². The maximum Gasteiger partial charge on any atom is 0.471 e. The Morgan fingerprint density at radius 3 is 2.05 bits per heavy atom. The molecule has 0 unspecified atom stereocenters. The predicted molar refractivity (Wildman–Crippen MR) is 154 cm³/mol. The van der Waals surface area contributed by atoms with E-state index in [2.05, 4.69) is 25.1 Å². The SMILES string of the molecule is CCNC(=O)c1noc(-c2cc(C(C)C)c(OCc3ccccc3)cc2OCc2ccccc2)c1-c1noc(C(F)(F)F)n1. The number of alkyl halides is 3. The number of hydrogen-bond acceptors (Lipinski definition) is 8. The maximum atomic E-state index is 13.4. The Morgan fingerprint density at radius 1 is 0.886 bits per heavy atom. The number of ether oxygens (including phenoxy) is 2. The molecule has 0 fully saturated rings. The molecule has 44 heavy (non-hydrogen) atoms. The van der Waals surface area contributed by atoms with E-state index in [1.54, 1.807) is 19.1 Å². The molecule has 0 aliphatic carbocycles. The van der Waals surface area contributed by atoms with Gasteiger partial charge < -0.3 is 23.8 Å². The first-order chi connectivity index (χ1) is 21.2. The Hall–Kier alpha value is -5.13. The number of hydrogen-bond donors (Lipinski definition) is 1. The van der Waals surface area contributed by atoms with Gasteiger partial charge in [0.05, 0.1) is 5.56 Å². The highest BCUT2D eigenvalue weighted by molar-refractivity contribution is 6.01. The zero-order valence-electron chi connectivity index (χ0n) is 24.1. The normalized spacial score (nSPS) is 11.5. The molecule has 0 spiro atoms. The molecule has 1 amide bonds. The fourth-order valence-corrected chi connectivity index (χ4v) is 4.44. The molecule has 0 saturated carbocycles. The second-order valence-corrected chi connectivity index (χ2v) is 10.1. The van der Waals surface area contributed by atoms with Crippen LogP contribution < -0.4 is 14.8 Å². The van der Waals surface area contributed by atoms with Gasteiger partial charge in [0.2, 0.25) is 5.82 Å². The van der Waals surface area contributed by atoms with E-state index in [-0.39, 0.29) is 48.4 Å². The molecule has 5 aromatic rings. The fourth-order valence-electron chi connectivity index (χ4n) is 4.44. The Morgan fingerprint density at radius 2 is 1.50 bits per heavy atom. The van der Waals surface area contributed by atoms with Gasteiger partial charge in [-0.15, -0.1) is 0 Å². The van der Waals surface area contributed by atoms with Gasteiger partial charge in [0.25, 0.3) is 5.91 Å². The quantitative estimate of drug-likeness (QED) is 0.165. The standard InChI is InChI=1S/C32H29F3N4O5/c1-4-36-30(40)27-26(29-37-31(44-39-29)32(33,34)35)28(43-38-27)23-15-22(19(2)3)24(41-17-20-11-7-5-8-12-20)16-25(23)42-18-21-13-9-6-10-14-21/h5-16,19H,4,17-18H2,1-3H3,(H,36,40). The van der Waals surface area contributed by atoms with Gasteiger partial charge in [-0.05, 0) is 35.6 Å². The predicted octanol–water partition coefficient (Wildman–Crippen LogP) is 7.44. The molecule has 0 radical (unpaired) electrons. The summed E-state index contributed by atoms with van der Waals surface area (Å²) in [5.74, 6) is -2.08. The summed E-state index contributed by atoms with van der Waals surface area (Å²) in [6.45, 7) is 6.30. The van der Waals surface area contributed by atoms with Crippen LogP contribution in [0, 0.1) is 0 Å². The largest absolute Gasteiger partial charge is 0.488 e. The van der Waals surface area contributed by atoms with Crippen molar-refractivity contribution < 1.29 is 36.5 Å². The third-order valence-electron chi connectivity index (χ3n) is 6.59. The minimum atomic E-state index is -4.90.